The summed E-state index contributed by atoms with van der Waals surface area (Å²) in [5.41, 5.74) is 9.26. The summed E-state index contributed by atoms with van der Waals surface area (Å²) in [5, 5.41) is 10.4. The van der Waals surface area contributed by atoms with Gasteiger partial charge in [-0.25, -0.2) is 0 Å². The molecule has 0 aliphatic heterocycles. The maximum absolute atomic E-state index is 5.87. The third-order valence-electron chi connectivity index (χ3n) is 3.92. The molecule has 3 nitrogen and oxygen atoms in total. The van der Waals surface area contributed by atoms with Gasteiger partial charge in [-0.1, -0.05) is 19.8 Å². The largest absolute Gasteiger partial charge is 0.326 e. The highest BCUT2D eigenvalue weighted by Gasteiger charge is 2.22. The Morgan fingerprint density at radius 3 is 2.72 bits per heavy atom. The van der Waals surface area contributed by atoms with Gasteiger partial charge in [-0.15, -0.1) is 16.9 Å². The van der Waals surface area contributed by atoms with Crippen molar-refractivity contribution in [1.82, 2.24) is 10.2 Å². The Hall–Kier alpha value is -0.610. The molecule has 1 aromatic heterocycles. The molecule has 1 aromatic rings. The van der Waals surface area contributed by atoms with Gasteiger partial charge in [0.15, 0.2) is 0 Å². The lowest BCUT2D eigenvalue weighted by molar-refractivity contribution is 0.394. The smallest absolute Gasteiger partial charge is 0.124 e. The fourth-order valence-corrected chi connectivity index (χ4v) is 4.10. The monoisotopic (exact) mass is 265 g/mol. The standard InChI is InChI=1S/C14H23N3S/c1-9-5-4-6-12(7-9)18-14-13(8-15)10(2)11(3)16-17-14/h9,12H,4-8,15H2,1-3H3. The lowest BCUT2D eigenvalue weighted by Gasteiger charge is -2.26. The molecule has 2 N–H and O–H groups in total. The Kier molecular flexibility index (Phi) is 4.62. The normalized spacial score (nSPS) is 24.2. The summed E-state index contributed by atoms with van der Waals surface area (Å²) in [6, 6.07) is 0. The van der Waals surface area contributed by atoms with Crippen molar-refractivity contribution in [3.8, 4) is 0 Å². The maximum atomic E-state index is 5.87. The number of aromatic nitrogens is 2. The van der Waals surface area contributed by atoms with Crippen LogP contribution in [0.5, 0.6) is 0 Å². The molecule has 1 aliphatic rings. The van der Waals surface area contributed by atoms with E-state index in [0.717, 1.165) is 16.6 Å². The number of rotatable bonds is 3. The van der Waals surface area contributed by atoms with E-state index in [1.54, 1.807) is 0 Å². The minimum absolute atomic E-state index is 0.562. The highest BCUT2D eigenvalue weighted by atomic mass is 32.2. The van der Waals surface area contributed by atoms with Gasteiger partial charge in [0.05, 0.1) is 5.69 Å². The van der Waals surface area contributed by atoms with E-state index in [0.29, 0.717) is 11.8 Å². The van der Waals surface area contributed by atoms with Gasteiger partial charge in [-0.3, -0.25) is 0 Å². The summed E-state index contributed by atoms with van der Waals surface area (Å²) in [6.45, 7) is 7.01. The van der Waals surface area contributed by atoms with Crippen LogP contribution in [-0.2, 0) is 6.54 Å². The van der Waals surface area contributed by atoms with Crippen molar-refractivity contribution < 1.29 is 0 Å². The van der Waals surface area contributed by atoms with E-state index in [1.807, 2.05) is 18.7 Å². The van der Waals surface area contributed by atoms with Crippen LogP contribution in [-0.4, -0.2) is 15.4 Å². The molecule has 1 fully saturated rings. The molecule has 18 heavy (non-hydrogen) atoms. The minimum atomic E-state index is 0.562. The molecule has 0 amide bonds. The first kappa shape index (κ1) is 13.8. The number of aryl methyl sites for hydroxylation is 1. The summed E-state index contributed by atoms with van der Waals surface area (Å²) in [7, 11) is 0. The van der Waals surface area contributed by atoms with E-state index in [2.05, 4.69) is 24.0 Å². The predicted octanol–water partition coefficient (Wildman–Crippen LogP) is 3.22. The number of hydrogen-bond donors (Lipinski definition) is 1. The van der Waals surface area contributed by atoms with Gasteiger partial charge in [0, 0.05) is 17.4 Å². The van der Waals surface area contributed by atoms with Crippen molar-refractivity contribution in [3.05, 3.63) is 16.8 Å². The van der Waals surface area contributed by atoms with E-state index >= 15 is 0 Å². The van der Waals surface area contributed by atoms with Gasteiger partial charge in [0.25, 0.3) is 0 Å². The van der Waals surface area contributed by atoms with E-state index < -0.39 is 0 Å². The molecule has 1 heterocycles. The predicted molar refractivity (Wildman–Crippen MR) is 76.7 cm³/mol. The first-order valence-corrected chi connectivity index (χ1v) is 7.69. The van der Waals surface area contributed by atoms with Crippen LogP contribution < -0.4 is 5.73 Å². The number of nitrogens with two attached hydrogens (primary N) is 1. The summed E-state index contributed by atoms with van der Waals surface area (Å²) >= 11 is 1.89. The Morgan fingerprint density at radius 2 is 2.06 bits per heavy atom. The zero-order chi connectivity index (χ0) is 13.1. The van der Waals surface area contributed by atoms with Crippen LogP contribution in [0, 0.1) is 19.8 Å². The van der Waals surface area contributed by atoms with Crippen LogP contribution in [0.25, 0.3) is 0 Å². The van der Waals surface area contributed by atoms with Crippen molar-refractivity contribution in [2.45, 2.75) is 63.3 Å². The third-order valence-corrected chi connectivity index (χ3v) is 5.23. The topological polar surface area (TPSA) is 51.8 Å². The SMILES string of the molecule is Cc1nnc(SC2CCCC(C)C2)c(CN)c1C. The Bertz CT molecular complexity index is 420. The molecule has 4 heteroatoms. The van der Waals surface area contributed by atoms with Crippen LogP contribution in [0.15, 0.2) is 5.03 Å². The Labute approximate surface area is 114 Å². The maximum Gasteiger partial charge on any atom is 0.124 e. The van der Waals surface area contributed by atoms with Gasteiger partial charge < -0.3 is 5.73 Å². The van der Waals surface area contributed by atoms with Crippen LogP contribution in [0.3, 0.4) is 0 Å². The van der Waals surface area contributed by atoms with Crippen LogP contribution in [0.1, 0.15) is 49.4 Å². The molecular weight excluding hydrogens is 242 g/mol. The van der Waals surface area contributed by atoms with E-state index in [-0.39, 0.29) is 0 Å². The average molecular weight is 265 g/mol. The van der Waals surface area contributed by atoms with Gasteiger partial charge in [-0.05, 0) is 38.2 Å². The van der Waals surface area contributed by atoms with Crippen molar-refractivity contribution in [2.75, 3.05) is 0 Å². The molecule has 2 unspecified atom stereocenters. The highest BCUT2D eigenvalue weighted by molar-refractivity contribution is 7.99. The van der Waals surface area contributed by atoms with Gasteiger partial charge >= 0.3 is 0 Å². The summed E-state index contributed by atoms with van der Waals surface area (Å²) in [6.07, 6.45) is 5.31. The second kappa shape index (κ2) is 6.02. The van der Waals surface area contributed by atoms with Gasteiger partial charge in [0.1, 0.15) is 5.03 Å². The van der Waals surface area contributed by atoms with Crippen molar-refractivity contribution in [1.29, 1.82) is 0 Å². The molecule has 1 aliphatic carbocycles. The van der Waals surface area contributed by atoms with Gasteiger partial charge in [0.2, 0.25) is 0 Å². The zero-order valence-corrected chi connectivity index (χ0v) is 12.4. The zero-order valence-electron chi connectivity index (χ0n) is 11.6. The van der Waals surface area contributed by atoms with E-state index in [9.17, 15) is 0 Å². The Morgan fingerprint density at radius 1 is 1.28 bits per heavy atom. The van der Waals surface area contributed by atoms with Crippen molar-refractivity contribution >= 4 is 11.8 Å². The molecule has 1 saturated carbocycles. The molecule has 0 aromatic carbocycles. The molecule has 0 saturated heterocycles. The van der Waals surface area contributed by atoms with Crippen molar-refractivity contribution in [2.24, 2.45) is 11.7 Å². The molecular formula is C14H23N3S. The number of hydrogen-bond acceptors (Lipinski definition) is 4. The van der Waals surface area contributed by atoms with Crippen LogP contribution >= 0.6 is 11.8 Å². The van der Waals surface area contributed by atoms with Crippen molar-refractivity contribution in [3.63, 3.8) is 0 Å². The fraction of sp³-hybridized carbons (Fsp3) is 0.714. The van der Waals surface area contributed by atoms with Gasteiger partial charge in [-0.2, -0.15) is 5.10 Å². The first-order valence-electron chi connectivity index (χ1n) is 6.81. The second-order valence-corrected chi connectivity index (χ2v) is 6.70. The average Bonchev–Trinajstić information content (AvgIpc) is 2.34. The molecule has 0 spiro atoms. The quantitative estimate of drug-likeness (QED) is 0.911. The molecule has 2 rings (SSSR count). The summed E-state index contributed by atoms with van der Waals surface area (Å²) < 4.78 is 0. The lowest BCUT2D eigenvalue weighted by atomic mass is 9.91. The first-order chi connectivity index (χ1) is 8.61. The molecule has 2 atom stereocenters. The fourth-order valence-electron chi connectivity index (χ4n) is 2.61. The molecule has 0 radical (unpaired) electrons. The summed E-state index contributed by atoms with van der Waals surface area (Å²) in [4.78, 5) is 0. The summed E-state index contributed by atoms with van der Waals surface area (Å²) in [5.74, 6) is 0.845. The molecule has 100 valence electrons. The van der Waals surface area contributed by atoms with Crippen LogP contribution in [0.2, 0.25) is 0 Å². The number of nitrogens with zero attached hydrogens (tertiary/aromatic N) is 2. The minimum Gasteiger partial charge on any atom is -0.326 e. The Balaban J connectivity index is 2.15. The molecule has 0 bridgehead atoms. The number of thioether (sulfide) groups is 1. The van der Waals surface area contributed by atoms with E-state index in [4.69, 9.17) is 5.73 Å². The van der Waals surface area contributed by atoms with E-state index in [1.165, 1.54) is 36.8 Å². The third kappa shape index (κ3) is 3.04. The lowest BCUT2D eigenvalue weighted by Crippen LogP contribution is -2.16. The second-order valence-electron chi connectivity index (χ2n) is 5.41. The highest BCUT2D eigenvalue weighted by Crippen LogP contribution is 2.36. The van der Waals surface area contributed by atoms with Crippen LogP contribution in [0.4, 0.5) is 0 Å².